The van der Waals surface area contributed by atoms with Gasteiger partial charge in [-0.1, -0.05) is 18.2 Å². The van der Waals surface area contributed by atoms with Crippen LogP contribution in [-0.4, -0.2) is 11.7 Å². The minimum atomic E-state index is -0.286. The molecular formula is C20H16FNO2S. The number of ether oxygens (including phenoxy) is 1. The average Bonchev–Trinajstić information content (AvgIpc) is 2.64. The number of para-hydroxylation sites is 1. The van der Waals surface area contributed by atoms with Crippen molar-refractivity contribution in [1.82, 2.24) is 0 Å². The van der Waals surface area contributed by atoms with Crippen molar-refractivity contribution in [1.29, 1.82) is 0 Å². The Hall–Kier alpha value is -2.79. The zero-order valence-electron chi connectivity index (χ0n) is 13.3. The first-order valence-electron chi connectivity index (χ1n) is 7.70. The first-order chi connectivity index (χ1) is 12.2. The van der Waals surface area contributed by atoms with E-state index in [9.17, 15) is 9.18 Å². The molecule has 0 aliphatic rings. The van der Waals surface area contributed by atoms with Gasteiger partial charge in [0.25, 0.3) is 0 Å². The van der Waals surface area contributed by atoms with Crippen molar-refractivity contribution >= 4 is 23.4 Å². The van der Waals surface area contributed by atoms with Crippen molar-refractivity contribution in [3.8, 4) is 11.5 Å². The third-order valence-electron chi connectivity index (χ3n) is 3.30. The Morgan fingerprint density at radius 1 is 0.880 bits per heavy atom. The van der Waals surface area contributed by atoms with E-state index in [0.29, 0.717) is 11.4 Å². The predicted octanol–water partition coefficient (Wildman–Crippen LogP) is 5.35. The molecule has 0 aliphatic carbocycles. The van der Waals surface area contributed by atoms with Crippen LogP contribution in [0.4, 0.5) is 10.1 Å². The second-order valence-electron chi connectivity index (χ2n) is 5.23. The van der Waals surface area contributed by atoms with Gasteiger partial charge in [-0.25, -0.2) is 4.39 Å². The van der Waals surface area contributed by atoms with Crippen LogP contribution in [0.15, 0.2) is 83.8 Å². The number of nitrogens with one attached hydrogen (secondary N) is 1. The molecule has 0 saturated carbocycles. The van der Waals surface area contributed by atoms with E-state index in [1.807, 2.05) is 30.3 Å². The minimum Gasteiger partial charge on any atom is -0.457 e. The van der Waals surface area contributed by atoms with Crippen LogP contribution in [-0.2, 0) is 4.79 Å². The number of carbonyl (C=O) groups is 1. The minimum absolute atomic E-state index is 0.119. The van der Waals surface area contributed by atoms with E-state index in [4.69, 9.17) is 4.74 Å². The van der Waals surface area contributed by atoms with Crippen LogP contribution in [0, 0.1) is 5.82 Å². The summed E-state index contributed by atoms with van der Waals surface area (Å²) >= 11 is 1.36. The SMILES string of the molecule is O=C(CSc1ccc(F)cc1)Nc1ccc(Oc2ccccc2)cc1. The van der Waals surface area contributed by atoms with Gasteiger partial charge < -0.3 is 10.1 Å². The van der Waals surface area contributed by atoms with Gasteiger partial charge in [-0.05, 0) is 60.7 Å². The van der Waals surface area contributed by atoms with Crippen LogP contribution in [0.5, 0.6) is 11.5 Å². The molecule has 3 nitrogen and oxygen atoms in total. The maximum absolute atomic E-state index is 12.8. The number of thioether (sulfide) groups is 1. The van der Waals surface area contributed by atoms with Gasteiger partial charge in [-0.3, -0.25) is 4.79 Å². The maximum Gasteiger partial charge on any atom is 0.234 e. The molecule has 3 aromatic carbocycles. The lowest BCUT2D eigenvalue weighted by Crippen LogP contribution is -2.13. The summed E-state index contributed by atoms with van der Waals surface area (Å²) in [7, 11) is 0. The van der Waals surface area contributed by atoms with Crippen LogP contribution in [0.1, 0.15) is 0 Å². The Morgan fingerprint density at radius 3 is 2.20 bits per heavy atom. The molecule has 0 aliphatic heterocycles. The molecule has 0 radical (unpaired) electrons. The van der Waals surface area contributed by atoms with Crippen molar-refractivity contribution < 1.29 is 13.9 Å². The number of amides is 1. The molecule has 5 heteroatoms. The van der Waals surface area contributed by atoms with E-state index in [1.165, 1.54) is 23.9 Å². The molecular weight excluding hydrogens is 337 g/mol. The van der Waals surface area contributed by atoms with E-state index in [1.54, 1.807) is 36.4 Å². The number of rotatable bonds is 6. The highest BCUT2D eigenvalue weighted by atomic mass is 32.2. The van der Waals surface area contributed by atoms with Gasteiger partial charge >= 0.3 is 0 Å². The molecule has 0 bridgehead atoms. The van der Waals surface area contributed by atoms with Crippen LogP contribution >= 0.6 is 11.8 Å². The number of anilines is 1. The normalized spacial score (nSPS) is 10.3. The molecule has 1 amide bonds. The van der Waals surface area contributed by atoms with Gasteiger partial charge in [0, 0.05) is 10.6 Å². The third-order valence-corrected chi connectivity index (χ3v) is 4.31. The van der Waals surface area contributed by atoms with Crippen molar-refractivity contribution in [2.45, 2.75) is 4.90 Å². The summed E-state index contributed by atoms with van der Waals surface area (Å²) in [6.07, 6.45) is 0. The van der Waals surface area contributed by atoms with Crippen molar-refractivity contribution in [3.63, 3.8) is 0 Å². The molecule has 0 fully saturated rings. The van der Waals surface area contributed by atoms with Gasteiger partial charge in [-0.2, -0.15) is 0 Å². The Bertz CT molecular complexity index is 821. The smallest absolute Gasteiger partial charge is 0.234 e. The zero-order chi connectivity index (χ0) is 17.5. The Balaban J connectivity index is 1.50. The molecule has 1 N–H and O–H groups in total. The maximum atomic E-state index is 12.8. The van der Waals surface area contributed by atoms with Gasteiger partial charge in [-0.15, -0.1) is 11.8 Å². The van der Waals surface area contributed by atoms with Crippen LogP contribution in [0.2, 0.25) is 0 Å². The molecule has 0 heterocycles. The second-order valence-corrected chi connectivity index (χ2v) is 6.28. The Labute approximate surface area is 149 Å². The van der Waals surface area contributed by atoms with E-state index in [2.05, 4.69) is 5.32 Å². The summed E-state index contributed by atoms with van der Waals surface area (Å²) in [4.78, 5) is 12.8. The lowest BCUT2D eigenvalue weighted by atomic mass is 10.3. The topological polar surface area (TPSA) is 38.3 Å². The van der Waals surface area contributed by atoms with Crippen LogP contribution < -0.4 is 10.1 Å². The standard InChI is InChI=1S/C20H16FNO2S/c21-15-6-12-19(13-7-15)25-14-20(23)22-16-8-10-18(11-9-16)24-17-4-2-1-3-5-17/h1-13H,14H2,(H,22,23). The van der Waals surface area contributed by atoms with Gasteiger partial charge in [0.05, 0.1) is 5.75 Å². The fourth-order valence-corrected chi connectivity index (χ4v) is 2.81. The number of benzene rings is 3. The lowest BCUT2D eigenvalue weighted by molar-refractivity contribution is -0.113. The van der Waals surface area contributed by atoms with Crippen molar-refractivity contribution in [2.75, 3.05) is 11.1 Å². The van der Waals surface area contributed by atoms with E-state index >= 15 is 0 Å². The summed E-state index contributed by atoms with van der Waals surface area (Å²) in [6, 6.07) is 22.7. The second kappa shape index (κ2) is 8.35. The molecule has 0 unspecified atom stereocenters. The van der Waals surface area contributed by atoms with Crippen molar-refractivity contribution in [2.24, 2.45) is 0 Å². The fraction of sp³-hybridized carbons (Fsp3) is 0.0500. The van der Waals surface area contributed by atoms with Gasteiger partial charge in [0.1, 0.15) is 17.3 Å². The van der Waals surface area contributed by atoms with Gasteiger partial charge in [0.15, 0.2) is 0 Å². The highest BCUT2D eigenvalue weighted by Gasteiger charge is 2.05. The molecule has 126 valence electrons. The first-order valence-corrected chi connectivity index (χ1v) is 8.69. The summed E-state index contributed by atoms with van der Waals surface area (Å²) in [5.74, 6) is 1.31. The van der Waals surface area contributed by atoms with E-state index < -0.39 is 0 Å². The van der Waals surface area contributed by atoms with E-state index in [0.717, 1.165) is 10.6 Å². The number of hydrogen-bond acceptors (Lipinski definition) is 3. The third kappa shape index (κ3) is 5.36. The molecule has 0 atom stereocenters. The lowest BCUT2D eigenvalue weighted by Gasteiger charge is -2.08. The average molecular weight is 353 g/mol. The number of carbonyl (C=O) groups excluding carboxylic acids is 1. The number of halogens is 1. The molecule has 0 aromatic heterocycles. The number of hydrogen-bond donors (Lipinski definition) is 1. The fourth-order valence-electron chi connectivity index (χ4n) is 2.11. The molecule has 0 saturated heterocycles. The van der Waals surface area contributed by atoms with Crippen LogP contribution in [0.3, 0.4) is 0 Å². The molecule has 3 aromatic rings. The zero-order valence-corrected chi connectivity index (χ0v) is 14.1. The van der Waals surface area contributed by atoms with Crippen LogP contribution in [0.25, 0.3) is 0 Å². The van der Waals surface area contributed by atoms with E-state index in [-0.39, 0.29) is 17.5 Å². The monoisotopic (exact) mass is 353 g/mol. The summed E-state index contributed by atoms with van der Waals surface area (Å²) in [5, 5.41) is 2.83. The van der Waals surface area contributed by atoms with Crippen molar-refractivity contribution in [3.05, 3.63) is 84.7 Å². The summed E-state index contributed by atoms with van der Waals surface area (Å²) in [5.41, 5.74) is 0.699. The molecule has 25 heavy (non-hydrogen) atoms. The largest absolute Gasteiger partial charge is 0.457 e. The summed E-state index contributed by atoms with van der Waals surface area (Å²) in [6.45, 7) is 0. The quantitative estimate of drug-likeness (QED) is 0.607. The molecule has 3 rings (SSSR count). The van der Waals surface area contributed by atoms with Gasteiger partial charge in [0.2, 0.25) is 5.91 Å². The molecule has 0 spiro atoms. The highest BCUT2D eigenvalue weighted by molar-refractivity contribution is 8.00. The first kappa shape index (κ1) is 17.0. The summed E-state index contributed by atoms with van der Waals surface area (Å²) < 4.78 is 18.6. The Kier molecular flexibility index (Phi) is 5.69. The highest BCUT2D eigenvalue weighted by Crippen LogP contribution is 2.23. The Morgan fingerprint density at radius 2 is 1.52 bits per heavy atom. The predicted molar refractivity (Wildman–Crippen MR) is 98.7 cm³/mol.